The van der Waals surface area contributed by atoms with Crippen LogP contribution < -0.4 is 13.9 Å². The van der Waals surface area contributed by atoms with E-state index in [-0.39, 0.29) is 28.2 Å². The molecular weight excluding hydrogens is 613 g/mol. The van der Waals surface area contributed by atoms with Crippen LogP contribution in [0.4, 0.5) is 11.4 Å². The molecule has 11 heteroatoms. The van der Waals surface area contributed by atoms with Crippen LogP contribution in [0.5, 0.6) is 5.75 Å². The second kappa shape index (κ2) is 10.9. The van der Waals surface area contributed by atoms with E-state index >= 15 is 4.79 Å². The SMILES string of the molecule is CCOc1ccccc1C1(N2C[C@@H]3C[C@H]2CN3c2ccncc2)C(=O)N(S(=O)(=O)c2cccc3cccnc23)c2ccc(C#N)cc21. The van der Waals surface area contributed by atoms with Crippen LogP contribution in [0.25, 0.3) is 10.9 Å². The number of anilines is 2. The van der Waals surface area contributed by atoms with Crippen LogP contribution in [0.15, 0.2) is 108 Å². The van der Waals surface area contributed by atoms with Crippen molar-refractivity contribution in [2.45, 2.75) is 35.9 Å². The van der Waals surface area contributed by atoms with Crippen LogP contribution in [0.2, 0.25) is 0 Å². The van der Waals surface area contributed by atoms with E-state index in [1.807, 2.05) is 43.3 Å². The fourth-order valence-electron chi connectivity index (χ4n) is 7.73. The maximum Gasteiger partial charge on any atom is 0.273 e. The van der Waals surface area contributed by atoms with Crippen molar-refractivity contribution in [1.29, 1.82) is 5.26 Å². The Bertz CT molecular complexity index is 2200. The van der Waals surface area contributed by atoms with E-state index in [4.69, 9.17) is 4.74 Å². The Hall–Kier alpha value is -5.31. The lowest BCUT2D eigenvalue weighted by Gasteiger charge is -2.45. The Balaban J connectivity index is 1.37. The molecule has 2 bridgehead atoms. The molecule has 2 aromatic heterocycles. The van der Waals surface area contributed by atoms with Gasteiger partial charge in [0.05, 0.1) is 29.4 Å². The van der Waals surface area contributed by atoms with Gasteiger partial charge in [0.2, 0.25) is 0 Å². The lowest BCUT2D eigenvalue weighted by molar-refractivity contribution is -0.127. The number of benzene rings is 3. The van der Waals surface area contributed by atoms with Gasteiger partial charge in [0.1, 0.15) is 10.6 Å². The minimum atomic E-state index is -4.49. The second-order valence-corrected chi connectivity index (χ2v) is 13.7. The van der Waals surface area contributed by atoms with Gasteiger partial charge in [-0.2, -0.15) is 5.26 Å². The quantitative estimate of drug-likeness (QED) is 0.246. The van der Waals surface area contributed by atoms with Gasteiger partial charge in [0.25, 0.3) is 15.9 Å². The molecule has 3 aliphatic heterocycles. The fourth-order valence-corrected chi connectivity index (χ4v) is 9.37. The smallest absolute Gasteiger partial charge is 0.273 e. The summed E-state index contributed by atoms with van der Waals surface area (Å²) in [6, 6.07) is 26.7. The molecule has 10 nitrogen and oxygen atoms in total. The number of pyridine rings is 2. The van der Waals surface area contributed by atoms with Crippen LogP contribution in [-0.2, 0) is 20.4 Å². The zero-order valence-electron chi connectivity index (χ0n) is 25.5. The third-order valence-corrected chi connectivity index (χ3v) is 11.3. The average Bonchev–Trinajstić information content (AvgIpc) is 3.79. The van der Waals surface area contributed by atoms with Crippen LogP contribution in [0.1, 0.15) is 30.0 Å². The number of piperazine rings is 1. The predicted molar refractivity (Wildman–Crippen MR) is 176 cm³/mol. The molecule has 3 aliphatic rings. The number of nitrogens with zero attached hydrogens (tertiary/aromatic N) is 6. The Morgan fingerprint density at radius 2 is 1.74 bits per heavy atom. The molecule has 5 heterocycles. The molecule has 0 spiro atoms. The van der Waals surface area contributed by atoms with Gasteiger partial charge in [-0.05, 0) is 61.9 Å². The Labute approximate surface area is 272 Å². The molecule has 8 rings (SSSR count). The summed E-state index contributed by atoms with van der Waals surface area (Å²) in [4.78, 5) is 28.5. The van der Waals surface area contributed by atoms with E-state index in [0.29, 0.717) is 47.5 Å². The lowest BCUT2D eigenvalue weighted by atomic mass is 9.80. The molecule has 1 amide bonds. The molecule has 234 valence electrons. The van der Waals surface area contributed by atoms with E-state index in [1.54, 1.807) is 61.1 Å². The molecule has 0 saturated carbocycles. The summed E-state index contributed by atoms with van der Waals surface area (Å²) in [6.07, 6.45) is 5.85. The van der Waals surface area contributed by atoms with Crippen molar-refractivity contribution in [2.24, 2.45) is 0 Å². The molecule has 2 fully saturated rings. The first-order valence-electron chi connectivity index (χ1n) is 15.5. The molecule has 0 aliphatic carbocycles. The van der Waals surface area contributed by atoms with Gasteiger partial charge in [0, 0.05) is 66.0 Å². The van der Waals surface area contributed by atoms with Crippen LogP contribution in [-0.4, -0.2) is 61.0 Å². The summed E-state index contributed by atoms with van der Waals surface area (Å²) >= 11 is 0. The number of rotatable bonds is 7. The number of fused-ring (bicyclic) bond motifs is 4. The molecular formula is C36H30N6O4S. The number of nitriles is 1. The number of amides is 1. The summed E-state index contributed by atoms with van der Waals surface area (Å²) in [6.45, 7) is 3.33. The largest absolute Gasteiger partial charge is 0.493 e. The van der Waals surface area contributed by atoms with Gasteiger partial charge in [-0.15, -0.1) is 0 Å². The number of carbonyl (C=O) groups is 1. The Morgan fingerprint density at radius 1 is 0.936 bits per heavy atom. The number of aromatic nitrogens is 2. The average molecular weight is 643 g/mol. The third kappa shape index (κ3) is 4.18. The monoisotopic (exact) mass is 642 g/mol. The lowest BCUT2D eigenvalue weighted by Crippen LogP contribution is -2.60. The number of sulfonamides is 1. The van der Waals surface area contributed by atoms with Gasteiger partial charge in [0.15, 0.2) is 5.54 Å². The summed E-state index contributed by atoms with van der Waals surface area (Å²) in [5, 5.41) is 10.7. The highest BCUT2D eigenvalue weighted by molar-refractivity contribution is 7.93. The summed E-state index contributed by atoms with van der Waals surface area (Å²) in [5.74, 6) is -0.151. The van der Waals surface area contributed by atoms with E-state index in [2.05, 4.69) is 25.8 Å². The molecule has 1 unspecified atom stereocenters. The van der Waals surface area contributed by atoms with Crippen molar-refractivity contribution >= 4 is 38.2 Å². The third-order valence-electron chi connectivity index (χ3n) is 9.58. The first-order chi connectivity index (χ1) is 22.9. The highest BCUT2D eigenvalue weighted by Gasteiger charge is 2.64. The maximum absolute atomic E-state index is 15.5. The molecule has 47 heavy (non-hydrogen) atoms. The topological polar surface area (TPSA) is 120 Å². The first-order valence-corrected chi connectivity index (χ1v) is 17.0. The van der Waals surface area contributed by atoms with Crippen molar-refractivity contribution in [1.82, 2.24) is 14.9 Å². The molecule has 0 radical (unpaired) electrons. The molecule has 0 N–H and O–H groups in total. The van der Waals surface area contributed by atoms with Gasteiger partial charge in [-0.3, -0.25) is 19.7 Å². The van der Waals surface area contributed by atoms with E-state index in [9.17, 15) is 13.7 Å². The molecule has 3 atom stereocenters. The van der Waals surface area contributed by atoms with Gasteiger partial charge >= 0.3 is 0 Å². The predicted octanol–water partition coefficient (Wildman–Crippen LogP) is 4.84. The second-order valence-electron chi connectivity index (χ2n) is 11.9. The van der Waals surface area contributed by atoms with Gasteiger partial charge < -0.3 is 9.64 Å². The molecule has 3 aromatic carbocycles. The highest BCUT2D eigenvalue weighted by atomic mass is 32.2. The van der Waals surface area contributed by atoms with E-state index in [1.165, 1.54) is 6.07 Å². The number of carbonyl (C=O) groups excluding carboxylic acids is 1. The number of ether oxygens (including phenoxy) is 1. The van der Waals surface area contributed by atoms with Crippen molar-refractivity contribution < 1.29 is 17.9 Å². The number of hydrogen-bond donors (Lipinski definition) is 0. The van der Waals surface area contributed by atoms with Crippen LogP contribution >= 0.6 is 0 Å². The molecule has 2 saturated heterocycles. The summed E-state index contributed by atoms with van der Waals surface area (Å²) < 4.78 is 36.8. The van der Waals surface area contributed by atoms with Gasteiger partial charge in [-0.1, -0.05) is 36.4 Å². The van der Waals surface area contributed by atoms with Gasteiger partial charge in [-0.25, -0.2) is 12.7 Å². The zero-order chi connectivity index (χ0) is 32.3. The van der Waals surface area contributed by atoms with Crippen LogP contribution in [0, 0.1) is 11.3 Å². The highest BCUT2D eigenvalue weighted by Crippen LogP contribution is 2.56. The first kappa shape index (κ1) is 29.1. The van der Waals surface area contributed by atoms with Crippen molar-refractivity contribution in [2.75, 3.05) is 28.9 Å². The normalized spacial score (nSPS) is 22.1. The van der Waals surface area contributed by atoms with Crippen LogP contribution in [0.3, 0.4) is 0 Å². The number of likely N-dealkylation sites (tertiary alicyclic amines) is 1. The van der Waals surface area contributed by atoms with Crippen molar-refractivity contribution in [3.63, 3.8) is 0 Å². The minimum absolute atomic E-state index is 0.0695. The minimum Gasteiger partial charge on any atom is -0.493 e. The van der Waals surface area contributed by atoms with Crippen molar-refractivity contribution in [3.8, 4) is 11.8 Å². The Morgan fingerprint density at radius 3 is 2.51 bits per heavy atom. The summed E-state index contributed by atoms with van der Waals surface area (Å²) in [5.41, 5.74) is 1.24. The molecule has 5 aromatic rings. The van der Waals surface area contributed by atoms with E-state index < -0.39 is 21.5 Å². The maximum atomic E-state index is 15.5. The number of para-hydroxylation sites is 2. The number of hydrogen-bond acceptors (Lipinski definition) is 9. The van der Waals surface area contributed by atoms with E-state index in [0.717, 1.165) is 16.4 Å². The zero-order valence-corrected chi connectivity index (χ0v) is 26.3. The summed E-state index contributed by atoms with van der Waals surface area (Å²) in [7, 11) is -4.49. The fraction of sp³-hybridized carbons (Fsp3) is 0.222. The standard InChI is InChI=1S/C36H30N6O4S/c1-2-46-32-10-4-3-9-29(32)36(41-23-27-20-28(41)22-40(27)26-14-17-38-18-15-26)30-19-24(21-37)12-13-31(30)42(35(36)43)47(44,45)33-11-5-7-25-8-6-16-39-34(25)33/h3-19,27-28H,2,20,22-23H2,1H3/t27-,28-,36?/m0/s1. The van der Waals surface area contributed by atoms with Crippen molar-refractivity contribution in [3.05, 3.63) is 120 Å². The Kier molecular flexibility index (Phi) is 6.75.